The molecule has 0 aliphatic rings. The second-order valence-corrected chi connectivity index (χ2v) is 1.24. The lowest BCUT2D eigenvalue weighted by Crippen LogP contribution is -3.00. The minimum atomic E-state index is 0. The first-order valence-corrected chi connectivity index (χ1v) is 2.26. The van der Waals surface area contributed by atoms with Crippen LogP contribution in [0.15, 0.2) is 0 Å². The van der Waals surface area contributed by atoms with Gasteiger partial charge in [-0.2, -0.15) is 0 Å². The summed E-state index contributed by atoms with van der Waals surface area (Å²) in [6.45, 7) is 0.802. The molecule has 0 N–H and O–H groups in total. The van der Waals surface area contributed by atoms with Gasteiger partial charge in [0.15, 0.2) is 0 Å². The van der Waals surface area contributed by atoms with Gasteiger partial charge in [0.05, 0.1) is 6.61 Å². The van der Waals surface area contributed by atoms with Crippen molar-refractivity contribution in [1.29, 1.82) is 0 Å². The third-order valence-corrected chi connectivity index (χ3v) is 0.510. The molecule has 1 nitrogen and oxygen atoms in total. The Morgan fingerprint density at radius 3 is 2.17 bits per heavy atom. The fourth-order valence-electron chi connectivity index (χ4n) is 0.102. The maximum atomic E-state index is 4.64. The van der Waals surface area contributed by atoms with E-state index in [1.807, 2.05) is 0 Å². The summed E-state index contributed by atoms with van der Waals surface area (Å²) in [6, 6.07) is 0. The molecule has 0 saturated carbocycles. The number of halogens is 1. The SMILES string of the molecule is COCC[SH2+].[Cl-]. The average Bonchev–Trinajstić information content (AvgIpc) is 1.41. The van der Waals surface area contributed by atoms with Crippen molar-refractivity contribution in [3.05, 3.63) is 0 Å². The minimum Gasteiger partial charge on any atom is -1.00 e. The van der Waals surface area contributed by atoms with Gasteiger partial charge in [0.25, 0.3) is 0 Å². The standard InChI is InChI=1S/C3H8OS.ClH/c1-4-2-3-5;/h5H,2-3H2,1H3;1H. The summed E-state index contributed by atoms with van der Waals surface area (Å²) in [5, 5.41) is 0. The topological polar surface area (TPSA) is 9.23 Å². The summed E-state index contributed by atoms with van der Waals surface area (Å²) in [5.74, 6) is 0.927. The molecule has 0 unspecified atom stereocenters. The van der Waals surface area contributed by atoms with Gasteiger partial charge >= 0.3 is 0 Å². The molecule has 0 aromatic heterocycles. The highest BCUT2D eigenvalue weighted by Crippen LogP contribution is 1.58. The summed E-state index contributed by atoms with van der Waals surface area (Å²) >= 11 is 3.23. The Hall–Kier alpha value is 0.600. The van der Waals surface area contributed by atoms with Crippen LogP contribution >= 0.6 is 0 Å². The molecule has 0 radical (unpaired) electrons. The lowest BCUT2D eigenvalue weighted by molar-refractivity contribution is -0.00000139. The van der Waals surface area contributed by atoms with E-state index in [9.17, 15) is 0 Å². The van der Waals surface area contributed by atoms with Crippen LogP contribution in [0, 0.1) is 0 Å². The number of hydrogen-bond donors (Lipinski definition) is 0. The summed E-state index contributed by atoms with van der Waals surface area (Å²) < 4.78 is 4.64. The van der Waals surface area contributed by atoms with Gasteiger partial charge in [-0.15, -0.1) is 0 Å². The maximum Gasteiger partial charge on any atom is 0.126 e. The van der Waals surface area contributed by atoms with E-state index in [4.69, 9.17) is 0 Å². The lowest BCUT2D eigenvalue weighted by atomic mass is 10.9. The van der Waals surface area contributed by atoms with Gasteiger partial charge in [0.1, 0.15) is 5.75 Å². The first-order valence-electron chi connectivity index (χ1n) is 1.55. The summed E-state index contributed by atoms with van der Waals surface area (Å²) in [7, 11) is 1.68. The van der Waals surface area contributed by atoms with Gasteiger partial charge < -0.3 is 17.1 Å². The van der Waals surface area contributed by atoms with E-state index in [1.54, 1.807) is 7.11 Å². The first kappa shape index (κ1) is 9.78. The molecule has 0 aromatic rings. The highest BCUT2D eigenvalue weighted by Gasteiger charge is 1.73. The van der Waals surface area contributed by atoms with Crippen LogP contribution in [0.3, 0.4) is 0 Å². The average molecular weight is 129 g/mol. The molecule has 0 fully saturated rings. The van der Waals surface area contributed by atoms with E-state index < -0.39 is 0 Å². The van der Waals surface area contributed by atoms with Crippen LogP contribution in [0.2, 0.25) is 0 Å². The number of ether oxygens (including phenoxy) is 1. The fourth-order valence-corrected chi connectivity index (χ4v) is 0.306. The molecule has 0 rings (SSSR count). The van der Waals surface area contributed by atoms with Gasteiger partial charge in [-0.1, -0.05) is 0 Å². The molecular weight excluding hydrogens is 120 g/mol. The first-order chi connectivity index (χ1) is 2.41. The van der Waals surface area contributed by atoms with Crippen molar-refractivity contribution >= 4 is 12.6 Å². The van der Waals surface area contributed by atoms with Crippen molar-refractivity contribution in [1.82, 2.24) is 0 Å². The van der Waals surface area contributed by atoms with Crippen LogP contribution < -0.4 is 12.4 Å². The molecule has 0 amide bonds. The number of rotatable bonds is 2. The fraction of sp³-hybridized carbons (Fsp3) is 1.00. The second kappa shape index (κ2) is 9.14. The quantitative estimate of drug-likeness (QED) is 0.353. The smallest absolute Gasteiger partial charge is 0.126 e. The van der Waals surface area contributed by atoms with Crippen molar-refractivity contribution < 1.29 is 17.1 Å². The van der Waals surface area contributed by atoms with Crippen LogP contribution in [0.5, 0.6) is 0 Å². The van der Waals surface area contributed by atoms with Crippen LogP contribution in [-0.2, 0) is 17.4 Å². The molecule has 0 saturated heterocycles. The lowest BCUT2D eigenvalue weighted by Gasteiger charge is -1.80. The predicted molar refractivity (Wildman–Crippen MR) is 26.9 cm³/mol. The molecular formula is C3H9ClOS. The second-order valence-electron chi connectivity index (χ2n) is 0.743. The van der Waals surface area contributed by atoms with Gasteiger partial charge in [0, 0.05) is 7.11 Å². The molecule has 0 atom stereocenters. The zero-order valence-electron chi connectivity index (χ0n) is 3.70. The van der Waals surface area contributed by atoms with Gasteiger partial charge in [-0.25, -0.2) is 0 Å². The van der Waals surface area contributed by atoms with Gasteiger partial charge in [-0.05, 0) is 12.6 Å². The van der Waals surface area contributed by atoms with Crippen LogP contribution in [-0.4, -0.2) is 19.5 Å². The van der Waals surface area contributed by atoms with Crippen molar-refractivity contribution in [2.75, 3.05) is 19.5 Å². The van der Waals surface area contributed by atoms with Crippen molar-refractivity contribution in [2.45, 2.75) is 0 Å². The number of methoxy groups -OCH3 is 1. The largest absolute Gasteiger partial charge is 1.00 e. The minimum absolute atomic E-state index is 0. The van der Waals surface area contributed by atoms with E-state index in [2.05, 4.69) is 17.4 Å². The molecule has 0 spiro atoms. The highest BCUT2D eigenvalue weighted by atomic mass is 35.5. The summed E-state index contributed by atoms with van der Waals surface area (Å²) in [4.78, 5) is 0. The Morgan fingerprint density at radius 1 is 1.67 bits per heavy atom. The summed E-state index contributed by atoms with van der Waals surface area (Å²) in [5.41, 5.74) is 0. The van der Waals surface area contributed by atoms with E-state index in [0.29, 0.717) is 0 Å². The molecule has 0 aliphatic carbocycles. The third-order valence-electron chi connectivity index (χ3n) is 0.306. The van der Waals surface area contributed by atoms with Crippen molar-refractivity contribution in [3.8, 4) is 0 Å². The Morgan fingerprint density at radius 2 is 2.17 bits per heavy atom. The monoisotopic (exact) mass is 128 g/mol. The molecule has 6 heavy (non-hydrogen) atoms. The Balaban J connectivity index is 0. The van der Waals surface area contributed by atoms with Gasteiger partial charge in [0.2, 0.25) is 0 Å². The van der Waals surface area contributed by atoms with E-state index >= 15 is 0 Å². The van der Waals surface area contributed by atoms with Crippen LogP contribution in [0.4, 0.5) is 0 Å². The van der Waals surface area contributed by atoms with E-state index in [-0.39, 0.29) is 12.4 Å². The third kappa shape index (κ3) is 8.82. The number of hydrogen-bond acceptors (Lipinski definition) is 1. The van der Waals surface area contributed by atoms with Crippen LogP contribution in [0.25, 0.3) is 0 Å². The predicted octanol–water partition coefficient (Wildman–Crippen LogP) is -3.35. The molecule has 40 valence electrons. The highest BCUT2D eigenvalue weighted by molar-refractivity contribution is 7.58. The van der Waals surface area contributed by atoms with Crippen LogP contribution in [0.1, 0.15) is 0 Å². The molecule has 0 aromatic carbocycles. The zero-order chi connectivity index (χ0) is 4.12. The normalized spacial score (nSPS) is 7.00. The van der Waals surface area contributed by atoms with Gasteiger partial charge in [-0.3, -0.25) is 0 Å². The molecule has 3 heteroatoms. The zero-order valence-corrected chi connectivity index (χ0v) is 5.46. The Labute approximate surface area is 49.9 Å². The Bertz CT molecular complexity index is 18.3. The maximum absolute atomic E-state index is 4.64. The summed E-state index contributed by atoms with van der Waals surface area (Å²) in [6.07, 6.45) is 0. The van der Waals surface area contributed by atoms with Crippen molar-refractivity contribution in [3.63, 3.8) is 0 Å². The molecule has 0 heterocycles. The molecule has 0 bridgehead atoms. The molecule has 0 aliphatic heterocycles. The Kier molecular flexibility index (Phi) is 14.9. The van der Waals surface area contributed by atoms with E-state index in [0.717, 1.165) is 12.4 Å². The van der Waals surface area contributed by atoms with Crippen molar-refractivity contribution in [2.24, 2.45) is 0 Å². The van der Waals surface area contributed by atoms with E-state index in [1.165, 1.54) is 0 Å².